The molecular weight excluding hydrogens is 328 g/mol. The highest BCUT2D eigenvalue weighted by Crippen LogP contribution is 2.21. The summed E-state index contributed by atoms with van der Waals surface area (Å²) < 4.78 is 25.2. The zero-order valence-electron chi connectivity index (χ0n) is 12.7. The predicted molar refractivity (Wildman–Crippen MR) is 87.4 cm³/mol. The minimum absolute atomic E-state index is 0.0447. The fourth-order valence-corrected chi connectivity index (χ4v) is 3.39. The molecule has 3 rings (SSSR count). The van der Waals surface area contributed by atoms with E-state index in [-0.39, 0.29) is 10.6 Å². The smallest absolute Gasteiger partial charge is 0.279 e. The number of rotatable bonds is 4. The first kappa shape index (κ1) is 15.9. The summed E-state index contributed by atoms with van der Waals surface area (Å²) in [6, 6.07) is 14.9. The van der Waals surface area contributed by atoms with Gasteiger partial charge >= 0.3 is 0 Å². The second-order valence-corrected chi connectivity index (χ2v) is 6.98. The molecule has 0 aliphatic heterocycles. The number of hydrogen-bond acceptors (Lipinski definition) is 5. The van der Waals surface area contributed by atoms with Crippen LogP contribution < -0.4 is 5.32 Å². The first-order valence-corrected chi connectivity index (χ1v) is 8.56. The molecule has 0 aliphatic rings. The maximum Gasteiger partial charge on any atom is 0.279 e. The van der Waals surface area contributed by atoms with Gasteiger partial charge in [-0.1, -0.05) is 35.9 Å². The Morgan fingerprint density at radius 1 is 1.00 bits per heavy atom. The minimum Gasteiger partial charge on any atom is -0.321 e. The number of benzene rings is 2. The molecule has 122 valence electrons. The second-order valence-electron chi connectivity index (χ2n) is 5.11. The van der Waals surface area contributed by atoms with E-state index in [4.69, 9.17) is 0 Å². The highest BCUT2D eigenvalue weighted by Gasteiger charge is 2.29. The molecule has 1 heterocycles. The quantitative estimate of drug-likeness (QED) is 0.756. The second kappa shape index (κ2) is 6.25. The molecule has 2 aromatic carbocycles. The van der Waals surface area contributed by atoms with Crippen molar-refractivity contribution in [2.24, 2.45) is 0 Å². The van der Waals surface area contributed by atoms with Gasteiger partial charge in [0.1, 0.15) is 0 Å². The lowest BCUT2D eigenvalue weighted by molar-refractivity contribution is 0.101. The highest BCUT2D eigenvalue weighted by atomic mass is 32.2. The SMILES string of the molecule is Cc1ccc(NC(=O)c2n[nH]nc2S(=O)(=O)c2ccccc2)cc1. The van der Waals surface area contributed by atoms with Crippen molar-refractivity contribution in [1.29, 1.82) is 0 Å². The van der Waals surface area contributed by atoms with Crippen LogP contribution in [-0.2, 0) is 9.84 Å². The van der Waals surface area contributed by atoms with Gasteiger partial charge in [-0.2, -0.15) is 5.21 Å². The van der Waals surface area contributed by atoms with Crippen LogP contribution in [0.4, 0.5) is 5.69 Å². The Kier molecular flexibility index (Phi) is 4.13. The molecule has 2 N–H and O–H groups in total. The molecule has 1 aromatic heterocycles. The molecule has 24 heavy (non-hydrogen) atoms. The van der Waals surface area contributed by atoms with E-state index in [0.717, 1.165) is 5.56 Å². The first-order valence-electron chi connectivity index (χ1n) is 7.07. The van der Waals surface area contributed by atoms with Gasteiger partial charge in [-0.25, -0.2) is 8.42 Å². The molecule has 1 amide bonds. The van der Waals surface area contributed by atoms with Crippen LogP contribution in [0.3, 0.4) is 0 Å². The monoisotopic (exact) mass is 342 g/mol. The number of sulfone groups is 1. The standard InChI is InChI=1S/C16H14N4O3S/c1-11-7-9-12(10-8-11)17-15(21)14-16(19-20-18-14)24(22,23)13-5-3-2-4-6-13/h2-10H,1H3,(H,17,21)(H,18,19,20). The van der Waals surface area contributed by atoms with Gasteiger partial charge in [0.25, 0.3) is 5.91 Å². The number of amides is 1. The van der Waals surface area contributed by atoms with Gasteiger partial charge in [0, 0.05) is 5.69 Å². The lowest BCUT2D eigenvalue weighted by Gasteiger charge is -2.05. The summed E-state index contributed by atoms with van der Waals surface area (Å²) in [4.78, 5) is 12.4. The molecule has 0 fully saturated rings. The number of aryl methyl sites for hydroxylation is 1. The number of nitrogens with one attached hydrogen (secondary N) is 2. The third-order valence-corrected chi connectivity index (χ3v) is 5.03. The zero-order chi connectivity index (χ0) is 17.2. The lowest BCUT2D eigenvalue weighted by atomic mass is 10.2. The first-order chi connectivity index (χ1) is 11.5. The van der Waals surface area contributed by atoms with Crippen molar-refractivity contribution >= 4 is 21.4 Å². The van der Waals surface area contributed by atoms with E-state index >= 15 is 0 Å². The van der Waals surface area contributed by atoms with Gasteiger partial charge in [0.15, 0.2) is 5.69 Å². The molecule has 8 heteroatoms. The van der Waals surface area contributed by atoms with Crippen LogP contribution in [0.2, 0.25) is 0 Å². The zero-order valence-corrected chi connectivity index (χ0v) is 13.5. The van der Waals surface area contributed by atoms with Crippen LogP contribution in [0, 0.1) is 6.92 Å². The van der Waals surface area contributed by atoms with Crippen LogP contribution >= 0.6 is 0 Å². The highest BCUT2D eigenvalue weighted by molar-refractivity contribution is 7.91. The largest absolute Gasteiger partial charge is 0.321 e. The van der Waals surface area contributed by atoms with Gasteiger partial charge in [-0.3, -0.25) is 4.79 Å². The van der Waals surface area contributed by atoms with E-state index in [2.05, 4.69) is 20.7 Å². The van der Waals surface area contributed by atoms with Gasteiger partial charge in [0.2, 0.25) is 14.9 Å². The Labute approximate surface area is 138 Å². The van der Waals surface area contributed by atoms with Crippen LogP contribution in [0.5, 0.6) is 0 Å². The molecule has 0 radical (unpaired) electrons. The van der Waals surface area contributed by atoms with Crippen LogP contribution in [-0.4, -0.2) is 29.7 Å². The third-order valence-electron chi connectivity index (χ3n) is 3.35. The fourth-order valence-electron chi connectivity index (χ4n) is 2.09. The molecule has 7 nitrogen and oxygen atoms in total. The van der Waals surface area contributed by atoms with Crippen molar-refractivity contribution in [1.82, 2.24) is 15.4 Å². The van der Waals surface area contributed by atoms with Crippen molar-refractivity contribution in [3.8, 4) is 0 Å². The summed E-state index contributed by atoms with van der Waals surface area (Å²) in [5.74, 6) is -0.651. The van der Waals surface area contributed by atoms with Crippen LogP contribution in [0.15, 0.2) is 64.5 Å². The fraction of sp³-hybridized carbons (Fsp3) is 0.0625. The molecule has 0 spiro atoms. The lowest BCUT2D eigenvalue weighted by Crippen LogP contribution is -2.17. The summed E-state index contributed by atoms with van der Waals surface area (Å²) in [7, 11) is -3.94. The molecular formula is C16H14N4O3S. The van der Waals surface area contributed by atoms with Crippen LogP contribution in [0.1, 0.15) is 16.1 Å². The summed E-state index contributed by atoms with van der Waals surface area (Å²) in [5, 5.41) is 11.8. The molecule has 0 atom stereocenters. The van der Waals surface area contributed by atoms with E-state index in [9.17, 15) is 13.2 Å². The van der Waals surface area contributed by atoms with Crippen molar-refractivity contribution in [3.63, 3.8) is 0 Å². The Balaban J connectivity index is 1.93. The number of anilines is 1. The molecule has 0 unspecified atom stereocenters. The third kappa shape index (κ3) is 3.04. The van der Waals surface area contributed by atoms with Crippen molar-refractivity contribution in [2.75, 3.05) is 5.32 Å². The number of carbonyl (C=O) groups excluding carboxylic acids is 1. The average molecular weight is 342 g/mol. The number of aromatic nitrogens is 3. The molecule has 0 saturated heterocycles. The van der Waals surface area contributed by atoms with E-state index in [1.807, 2.05) is 19.1 Å². The molecule has 0 bridgehead atoms. The van der Waals surface area contributed by atoms with Crippen molar-refractivity contribution in [3.05, 3.63) is 65.9 Å². The summed E-state index contributed by atoms with van der Waals surface area (Å²) in [5.41, 5.74) is 1.30. The number of aromatic amines is 1. The van der Waals surface area contributed by atoms with Gasteiger partial charge in [-0.15, -0.1) is 10.2 Å². The average Bonchev–Trinajstić information content (AvgIpc) is 3.08. The van der Waals surface area contributed by atoms with E-state index in [1.54, 1.807) is 30.3 Å². The Morgan fingerprint density at radius 2 is 1.67 bits per heavy atom. The Hall–Kier alpha value is -3.00. The van der Waals surface area contributed by atoms with Gasteiger partial charge in [0.05, 0.1) is 4.90 Å². The van der Waals surface area contributed by atoms with E-state index in [0.29, 0.717) is 5.69 Å². The van der Waals surface area contributed by atoms with E-state index in [1.165, 1.54) is 12.1 Å². The summed E-state index contributed by atoms with van der Waals surface area (Å²) >= 11 is 0. The number of carbonyl (C=O) groups is 1. The van der Waals surface area contributed by atoms with Gasteiger partial charge in [-0.05, 0) is 31.2 Å². The van der Waals surface area contributed by atoms with E-state index < -0.39 is 20.8 Å². The predicted octanol–water partition coefficient (Wildman–Crippen LogP) is 2.20. The summed E-state index contributed by atoms with van der Waals surface area (Å²) in [6.45, 7) is 1.92. The van der Waals surface area contributed by atoms with Gasteiger partial charge < -0.3 is 5.32 Å². The summed E-state index contributed by atoms with van der Waals surface area (Å²) in [6.07, 6.45) is 0. The number of hydrogen-bond donors (Lipinski definition) is 2. The number of nitrogens with zero attached hydrogens (tertiary/aromatic N) is 2. The minimum atomic E-state index is -3.94. The molecule has 0 saturated carbocycles. The topological polar surface area (TPSA) is 105 Å². The number of H-pyrrole nitrogens is 1. The van der Waals surface area contributed by atoms with Crippen LogP contribution in [0.25, 0.3) is 0 Å². The Morgan fingerprint density at radius 3 is 2.33 bits per heavy atom. The van der Waals surface area contributed by atoms with Crippen molar-refractivity contribution in [2.45, 2.75) is 16.8 Å². The maximum atomic E-state index is 12.6. The normalized spacial score (nSPS) is 11.2. The maximum absolute atomic E-state index is 12.6. The van der Waals surface area contributed by atoms with Crippen molar-refractivity contribution < 1.29 is 13.2 Å². The molecule has 3 aromatic rings. The molecule has 0 aliphatic carbocycles. The Bertz CT molecular complexity index is 964.